The first-order chi connectivity index (χ1) is 8.93. The van der Waals surface area contributed by atoms with E-state index >= 15 is 0 Å². The number of aromatic nitrogens is 1. The molecule has 0 aromatic carbocycles. The number of morpholine rings is 1. The fourth-order valence-corrected chi connectivity index (χ4v) is 2.81. The van der Waals surface area contributed by atoms with Crippen molar-refractivity contribution >= 4 is 5.82 Å². The molecule has 2 aliphatic rings. The average molecular weight is 247 g/mol. The van der Waals surface area contributed by atoms with Crippen LogP contribution in [-0.2, 0) is 4.74 Å². The summed E-state index contributed by atoms with van der Waals surface area (Å²) in [6.45, 7) is 5.84. The molecule has 0 radical (unpaired) electrons. The normalized spacial score (nSPS) is 22.1. The highest BCUT2D eigenvalue weighted by molar-refractivity contribution is 5.42. The zero-order valence-electron chi connectivity index (χ0n) is 10.8. The van der Waals surface area contributed by atoms with Gasteiger partial charge >= 0.3 is 0 Å². The van der Waals surface area contributed by atoms with E-state index in [0.717, 1.165) is 45.2 Å². The standard InChI is InChI=1S/C14H21N3O/c1-4-15-5-2-12(1)13-3-6-16-14(11-13)17-7-9-18-10-8-17/h3,6,11-12,15H,1-2,4-5,7-10H2. The van der Waals surface area contributed by atoms with Crippen LogP contribution >= 0.6 is 0 Å². The number of ether oxygens (including phenoxy) is 1. The summed E-state index contributed by atoms with van der Waals surface area (Å²) in [6, 6.07) is 4.46. The van der Waals surface area contributed by atoms with Gasteiger partial charge in [-0.25, -0.2) is 4.98 Å². The van der Waals surface area contributed by atoms with Crippen molar-refractivity contribution in [2.24, 2.45) is 0 Å². The second-order valence-corrected chi connectivity index (χ2v) is 5.07. The monoisotopic (exact) mass is 247 g/mol. The zero-order valence-corrected chi connectivity index (χ0v) is 10.8. The highest BCUT2D eigenvalue weighted by atomic mass is 16.5. The van der Waals surface area contributed by atoms with Crippen molar-refractivity contribution in [2.45, 2.75) is 18.8 Å². The highest BCUT2D eigenvalue weighted by Crippen LogP contribution is 2.27. The summed E-state index contributed by atoms with van der Waals surface area (Å²) in [7, 11) is 0. The van der Waals surface area contributed by atoms with Crippen LogP contribution < -0.4 is 10.2 Å². The average Bonchev–Trinajstić information content (AvgIpc) is 2.49. The summed E-state index contributed by atoms with van der Waals surface area (Å²) in [6.07, 6.45) is 4.45. The third kappa shape index (κ3) is 2.65. The van der Waals surface area contributed by atoms with Gasteiger partial charge in [-0.05, 0) is 49.5 Å². The van der Waals surface area contributed by atoms with Gasteiger partial charge in [-0.1, -0.05) is 0 Å². The van der Waals surface area contributed by atoms with E-state index in [1.165, 1.54) is 18.4 Å². The van der Waals surface area contributed by atoms with E-state index in [1.807, 2.05) is 6.20 Å². The van der Waals surface area contributed by atoms with E-state index in [-0.39, 0.29) is 0 Å². The van der Waals surface area contributed by atoms with Crippen LogP contribution in [0, 0.1) is 0 Å². The van der Waals surface area contributed by atoms with Crippen LogP contribution in [-0.4, -0.2) is 44.4 Å². The van der Waals surface area contributed by atoms with Crippen LogP contribution in [0.25, 0.3) is 0 Å². The van der Waals surface area contributed by atoms with E-state index in [0.29, 0.717) is 5.92 Å². The molecule has 4 heteroatoms. The summed E-state index contributed by atoms with van der Waals surface area (Å²) in [5.41, 5.74) is 1.45. The van der Waals surface area contributed by atoms with Crippen molar-refractivity contribution in [3.8, 4) is 0 Å². The number of hydrogen-bond acceptors (Lipinski definition) is 4. The second kappa shape index (κ2) is 5.67. The maximum atomic E-state index is 5.39. The van der Waals surface area contributed by atoms with Gasteiger partial charge in [0.15, 0.2) is 0 Å². The molecule has 0 atom stereocenters. The molecule has 0 bridgehead atoms. The minimum absolute atomic E-state index is 0.703. The predicted molar refractivity (Wildman–Crippen MR) is 72.1 cm³/mol. The Labute approximate surface area is 108 Å². The molecule has 0 unspecified atom stereocenters. The van der Waals surface area contributed by atoms with Crippen LogP contribution in [0.1, 0.15) is 24.3 Å². The Kier molecular flexibility index (Phi) is 3.76. The molecule has 1 N–H and O–H groups in total. The lowest BCUT2D eigenvalue weighted by molar-refractivity contribution is 0.122. The molecule has 18 heavy (non-hydrogen) atoms. The van der Waals surface area contributed by atoms with E-state index in [2.05, 4.69) is 27.3 Å². The van der Waals surface area contributed by atoms with Crippen molar-refractivity contribution in [3.05, 3.63) is 23.9 Å². The van der Waals surface area contributed by atoms with Crippen molar-refractivity contribution in [1.82, 2.24) is 10.3 Å². The summed E-state index contributed by atoms with van der Waals surface area (Å²) >= 11 is 0. The quantitative estimate of drug-likeness (QED) is 0.857. The lowest BCUT2D eigenvalue weighted by Crippen LogP contribution is -2.36. The highest BCUT2D eigenvalue weighted by Gasteiger charge is 2.18. The molecule has 1 aromatic heterocycles. The molecule has 2 saturated heterocycles. The van der Waals surface area contributed by atoms with E-state index in [4.69, 9.17) is 4.74 Å². The molecule has 0 amide bonds. The Morgan fingerprint density at radius 3 is 2.78 bits per heavy atom. The molecule has 4 nitrogen and oxygen atoms in total. The zero-order chi connectivity index (χ0) is 12.2. The van der Waals surface area contributed by atoms with E-state index in [9.17, 15) is 0 Å². The largest absolute Gasteiger partial charge is 0.378 e. The molecule has 2 aliphatic heterocycles. The van der Waals surface area contributed by atoms with Crippen LogP contribution in [0.3, 0.4) is 0 Å². The number of anilines is 1. The van der Waals surface area contributed by atoms with Crippen molar-refractivity contribution < 1.29 is 4.74 Å². The number of nitrogens with one attached hydrogen (secondary N) is 1. The fraction of sp³-hybridized carbons (Fsp3) is 0.643. The first-order valence-corrected chi connectivity index (χ1v) is 6.93. The van der Waals surface area contributed by atoms with Crippen LogP contribution in [0.2, 0.25) is 0 Å². The Morgan fingerprint density at radius 2 is 2.00 bits per heavy atom. The van der Waals surface area contributed by atoms with Crippen LogP contribution in [0.4, 0.5) is 5.82 Å². The molecule has 0 spiro atoms. The van der Waals surface area contributed by atoms with Gasteiger partial charge in [-0.2, -0.15) is 0 Å². The smallest absolute Gasteiger partial charge is 0.128 e. The lowest BCUT2D eigenvalue weighted by atomic mass is 9.91. The molecule has 0 saturated carbocycles. The molecular weight excluding hydrogens is 226 g/mol. The Bertz CT molecular complexity index is 351. The summed E-state index contributed by atoms with van der Waals surface area (Å²) in [4.78, 5) is 6.84. The molecule has 3 rings (SSSR count). The van der Waals surface area contributed by atoms with E-state index < -0.39 is 0 Å². The number of hydrogen-bond donors (Lipinski definition) is 1. The van der Waals surface area contributed by atoms with Gasteiger partial charge in [0.2, 0.25) is 0 Å². The molecule has 2 fully saturated rings. The Hall–Kier alpha value is -1.13. The maximum absolute atomic E-state index is 5.39. The molecule has 98 valence electrons. The number of nitrogens with zero attached hydrogens (tertiary/aromatic N) is 2. The van der Waals surface area contributed by atoms with Crippen LogP contribution in [0.5, 0.6) is 0 Å². The Morgan fingerprint density at radius 1 is 1.22 bits per heavy atom. The third-order valence-electron chi connectivity index (χ3n) is 3.92. The Balaban J connectivity index is 1.75. The number of pyridine rings is 1. The van der Waals surface area contributed by atoms with Crippen molar-refractivity contribution in [2.75, 3.05) is 44.3 Å². The summed E-state index contributed by atoms with van der Waals surface area (Å²) in [5.74, 6) is 1.82. The van der Waals surface area contributed by atoms with Gasteiger partial charge in [0.1, 0.15) is 5.82 Å². The van der Waals surface area contributed by atoms with Gasteiger partial charge in [0, 0.05) is 19.3 Å². The number of rotatable bonds is 2. The van der Waals surface area contributed by atoms with Gasteiger partial charge < -0.3 is 15.0 Å². The maximum Gasteiger partial charge on any atom is 0.128 e. The second-order valence-electron chi connectivity index (χ2n) is 5.07. The van der Waals surface area contributed by atoms with Gasteiger partial charge in [0.05, 0.1) is 13.2 Å². The van der Waals surface area contributed by atoms with Gasteiger partial charge in [0.25, 0.3) is 0 Å². The SMILES string of the molecule is c1cc(C2CCNCC2)cc(N2CCOCC2)n1. The number of piperidine rings is 1. The van der Waals surface area contributed by atoms with Crippen LogP contribution in [0.15, 0.2) is 18.3 Å². The predicted octanol–water partition coefficient (Wildman–Crippen LogP) is 1.39. The summed E-state index contributed by atoms with van der Waals surface area (Å²) in [5, 5.41) is 3.42. The minimum atomic E-state index is 0.703. The molecular formula is C14H21N3O. The lowest BCUT2D eigenvalue weighted by Gasteiger charge is -2.29. The topological polar surface area (TPSA) is 37.4 Å². The van der Waals surface area contributed by atoms with Gasteiger partial charge in [-0.15, -0.1) is 0 Å². The minimum Gasteiger partial charge on any atom is -0.378 e. The third-order valence-corrected chi connectivity index (χ3v) is 3.92. The van der Waals surface area contributed by atoms with Crippen molar-refractivity contribution in [3.63, 3.8) is 0 Å². The summed E-state index contributed by atoms with van der Waals surface area (Å²) < 4.78 is 5.39. The molecule has 3 heterocycles. The first-order valence-electron chi connectivity index (χ1n) is 6.93. The fourth-order valence-electron chi connectivity index (χ4n) is 2.81. The van der Waals surface area contributed by atoms with E-state index in [1.54, 1.807) is 0 Å². The van der Waals surface area contributed by atoms with Crippen molar-refractivity contribution in [1.29, 1.82) is 0 Å². The molecule has 0 aliphatic carbocycles. The molecule has 1 aromatic rings. The first kappa shape index (κ1) is 11.9. The van der Waals surface area contributed by atoms with Gasteiger partial charge in [-0.3, -0.25) is 0 Å².